The quantitative estimate of drug-likeness (QED) is 0.844. The van der Waals surface area contributed by atoms with Gasteiger partial charge in [0.15, 0.2) is 11.5 Å². The molecule has 0 radical (unpaired) electrons. The standard InChI is InChI=1S/C18H17NO3/c1-18(12-19,14-5-3-2-4-6-14)9-10-20-15-7-8-16-17(11-15)22-13-21-16/h2-8,11H,9-10,13H2,1H3. The van der Waals surface area contributed by atoms with E-state index in [1.165, 1.54) is 0 Å². The van der Waals surface area contributed by atoms with Gasteiger partial charge in [-0.1, -0.05) is 30.3 Å². The Morgan fingerprint density at radius 3 is 2.68 bits per heavy atom. The Kier molecular flexibility index (Phi) is 3.88. The van der Waals surface area contributed by atoms with Gasteiger partial charge in [-0.15, -0.1) is 0 Å². The van der Waals surface area contributed by atoms with Crippen LogP contribution in [0.15, 0.2) is 48.5 Å². The molecule has 3 rings (SSSR count). The van der Waals surface area contributed by atoms with Crippen LogP contribution in [-0.2, 0) is 5.41 Å². The van der Waals surface area contributed by atoms with Gasteiger partial charge in [-0.2, -0.15) is 5.26 Å². The van der Waals surface area contributed by atoms with Crippen molar-refractivity contribution in [2.45, 2.75) is 18.8 Å². The number of nitrogens with zero attached hydrogens (tertiary/aromatic N) is 1. The van der Waals surface area contributed by atoms with Crippen molar-refractivity contribution in [1.82, 2.24) is 0 Å². The first-order valence-electron chi connectivity index (χ1n) is 7.20. The van der Waals surface area contributed by atoms with Gasteiger partial charge in [-0.3, -0.25) is 0 Å². The van der Waals surface area contributed by atoms with E-state index in [-0.39, 0.29) is 6.79 Å². The molecule has 2 aromatic rings. The number of hydrogen-bond acceptors (Lipinski definition) is 4. The zero-order valence-corrected chi connectivity index (χ0v) is 12.4. The number of ether oxygens (including phenoxy) is 3. The van der Waals surface area contributed by atoms with Gasteiger partial charge in [0.2, 0.25) is 6.79 Å². The topological polar surface area (TPSA) is 51.5 Å². The fraction of sp³-hybridized carbons (Fsp3) is 0.278. The molecule has 1 aliphatic rings. The van der Waals surface area contributed by atoms with Gasteiger partial charge in [0.05, 0.1) is 18.1 Å². The van der Waals surface area contributed by atoms with Gasteiger partial charge in [0.1, 0.15) is 5.75 Å². The zero-order chi connectivity index (χ0) is 15.4. The first kappa shape index (κ1) is 14.3. The Labute approximate surface area is 129 Å². The molecule has 0 saturated heterocycles. The molecular weight excluding hydrogens is 278 g/mol. The number of fused-ring (bicyclic) bond motifs is 1. The average Bonchev–Trinajstić information content (AvgIpc) is 3.03. The lowest BCUT2D eigenvalue weighted by Gasteiger charge is -2.22. The Bertz CT molecular complexity index is 693. The van der Waals surface area contributed by atoms with E-state index in [1.54, 1.807) is 0 Å². The van der Waals surface area contributed by atoms with E-state index in [4.69, 9.17) is 14.2 Å². The Balaban J connectivity index is 1.63. The lowest BCUT2D eigenvalue weighted by molar-refractivity contribution is 0.173. The van der Waals surface area contributed by atoms with Crippen LogP contribution in [0.5, 0.6) is 17.2 Å². The summed E-state index contributed by atoms with van der Waals surface area (Å²) in [6.07, 6.45) is 0.613. The Morgan fingerprint density at radius 1 is 1.14 bits per heavy atom. The lowest BCUT2D eigenvalue weighted by atomic mass is 9.81. The van der Waals surface area contributed by atoms with Gasteiger partial charge in [0, 0.05) is 12.5 Å². The molecule has 112 valence electrons. The fourth-order valence-electron chi connectivity index (χ4n) is 2.41. The van der Waals surface area contributed by atoms with Crippen LogP contribution in [0.4, 0.5) is 0 Å². The maximum Gasteiger partial charge on any atom is 0.231 e. The van der Waals surface area contributed by atoms with Crippen LogP contribution >= 0.6 is 0 Å². The van der Waals surface area contributed by atoms with Gasteiger partial charge in [-0.05, 0) is 24.6 Å². The third-order valence-corrected chi connectivity index (χ3v) is 3.87. The summed E-state index contributed by atoms with van der Waals surface area (Å²) in [7, 11) is 0. The fourth-order valence-corrected chi connectivity index (χ4v) is 2.41. The second-order valence-electron chi connectivity index (χ2n) is 5.42. The predicted molar refractivity (Wildman–Crippen MR) is 82.1 cm³/mol. The van der Waals surface area contributed by atoms with E-state index in [0.717, 1.165) is 17.1 Å². The second-order valence-corrected chi connectivity index (χ2v) is 5.42. The highest BCUT2D eigenvalue weighted by Crippen LogP contribution is 2.35. The van der Waals surface area contributed by atoms with Crippen LogP contribution in [-0.4, -0.2) is 13.4 Å². The first-order valence-corrected chi connectivity index (χ1v) is 7.20. The van der Waals surface area contributed by atoms with Crippen molar-refractivity contribution in [3.05, 3.63) is 54.1 Å². The Hall–Kier alpha value is -2.67. The van der Waals surface area contributed by atoms with Gasteiger partial charge in [-0.25, -0.2) is 0 Å². The summed E-state index contributed by atoms with van der Waals surface area (Å²) in [5.74, 6) is 2.15. The van der Waals surface area contributed by atoms with Gasteiger partial charge < -0.3 is 14.2 Å². The SMILES string of the molecule is CC(C#N)(CCOc1ccc2c(c1)OCO2)c1ccccc1. The Morgan fingerprint density at radius 2 is 1.91 bits per heavy atom. The van der Waals surface area contributed by atoms with Crippen molar-refractivity contribution in [3.8, 4) is 23.3 Å². The zero-order valence-electron chi connectivity index (χ0n) is 12.4. The molecule has 4 heteroatoms. The summed E-state index contributed by atoms with van der Waals surface area (Å²) in [5.41, 5.74) is 0.448. The minimum absolute atomic E-state index is 0.249. The normalized spacial score (nSPS) is 14.9. The van der Waals surface area contributed by atoms with Crippen molar-refractivity contribution >= 4 is 0 Å². The van der Waals surface area contributed by atoms with E-state index in [0.29, 0.717) is 18.8 Å². The number of nitriles is 1. The summed E-state index contributed by atoms with van der Waals surface area (Å²) in [5, 5.41) is 9.52. The van der Waals surface area contributed by atoms with E-state index in [2.05, 4.69) is 6.07 Å². The van der Waals surface area contributed by atoms with E-state index < -0.39 is 5.41 Å². The average molecular weight is 295 g/mol. The summed E-state index contributed by atoms with van der Waals surface area (Å²) in [6, 6.07) is 17.7. The van der Waals surface area contributed by atoms with Crippen LogP contribution in [0, 0.1) is 11.3 Å². The second kappa shape index (κ2) is 5.98. The molecule has 0 saturated carbocycles. The van der Waals surface area contributed by atoms with Crippen LogP contribution in [0.3, 0.4) is 0 Å². The number of rotatable bonds is 5. The highest BCUT2D eigenvalue weighted by molar-refractivity contribution is 5.46. The molecule has 4 nitrogen and oxygen atoms in total. The number of hydrogen-bond donors (Lipinski definition) is 0. The molecule has 0 amide bonds. The third-order valence-electron chi connectivity index (χ3n) is 3.87. The van der Waals surface area contributed by atoms with E-state index in [9.17, 15) is 5.26 Å². The van der Waals surface area contributed by atoms with Crippen molar-refractivity contribution in [3.63, 3.8) is 0 Å². The largest absolute Gasteiger partial charge is 0.493 e. The first-order chi connectivity index (χ1) is 10.7. The molecule has 0 N–H and O–H groups in total. The van der Waals surface area contributed by atoms with Crippen LogP contribution in [0.25, 0.3) is 0 Å². The molecule has 0 aliphatic carbocycles. The molecule has 0 fully saturated rings. The molecule has 22 heavy (non-hydrogen) atoms. The molecule has 0 aromatic heterocycles. The maximum atomic E-state index is 9.52. The highest BCUT2D eigenvalue weighted by Gasteiger charge is 2.26. The molecule has 1 heterocycles. The van der Waals surface area contributed by atoms with E-state index in [1.807, 2.05) is 55.5 Å². The summed E-state index contributed by atoms with van der Waals surface area (Å²) < 4.78 is 16.4. The van der Waals surface area contributed by atoms with Crippen molar-refractivity contribution in [2.75, 3.05) is 13.4 Å². The van der Waals surface area contributed by atoms with Crippen molar-refractivity contribution in [1.29, 1.82) is 5.26 Å². The van der Waals surface area contributed by atoms with Crippen LogP contribution < -0.4 is 14.2 Å². The van der Waals surface area contributed by atoms with Gasteiger partial charge in [0.25, 0.3) is 0 Å². The van der Waals surface area contributed by atoms with Gasteiger partial charge >= 0.3 is 0 Å². The summed E-state index contributed by atoms with van der Waals surface area (Å²) in [4.78, 5) is 0. The minimum atomic E-state index is -0.558. The molecule has 0 spiro atoms. The summed E-state index contributed by atoms with van der Waals surface area (Å²) in [6.45, 7) is 2.64. The monoisotopic (exact) mass is 295 g/mol. The highest BCUT2D eigenvalue weighted by atomic mass is 16.7. The van der Waals surface area contributed by atoms with E-state index >= 15 is 0 Å². The maximum absolute atomic E-state index is 9.52. The molecule has 1 unspecified atom stereocenters. The molecule has 2 aromatic carbocycles. The van der Waals surface area contributed by atoms with Crippen molar-refractivity contribution < 1.29 is 14.2 Å². The minimum Gasteiger partial charge on any atom is -0.493 e. The van der Waals surface area contributed by atoms with Crippen LogP contribution in [0.1, 0.15) is 18.9 Å². The van der Waals surface area contributed by atoms with Crippen molar-refractivity contribution in [2.24, 2.45) is 0 Å². The predicted octanol–water partition coefficient (Wildman–Crippen LogP) is 3.67. The molecule has 1 aliphatic heterocycles. The van der Waals surface area contributed by atoms with Crippen LogP contribution in [0.2, 0.25) is 0 Å². The molecule has 1 atom stereocenters. The lowest BCUT2D eigenvalue weighted by Crippen LogP contribution is -2.22. The molecule has 0 bridgehead atoms. The smallest absolute Gasteiger partial charge is 0.231 e. The summed E-state index contributed by atoms with van der Waals surface area (Å²) >= 11 is 0. The third kappa shape index (κ3) is 2.84. The number of benzene rings is 2. The molecular formula is C18H17NO3.